The van der Waals surface area contributed by atoms with Gasteiger partial charge in [-0.2, -0.15) is 0 Å². The molecule has 0 atom stereocenters. The van der Waals surface area contributed by atoms with E-state index in [9.17, 15) is 0 Å². The van der Waals surface area contributed by atoms with Crippen molar-refractivity contribution < 1.29 is 0 Å². The molecule has 1 aromatic carbocycles. The predicted octanol–water partition coefficient (Wildman–Crippen LogP) is 3.62. The Bertz CT molecular complexity index is 365. The molecule has 2 N–H and O–H groups in total. The van der Waals surface area contributed by atoms with E-state index in [0.717, 1.165) is 26.1 Å². The molecule has 1 aromatic rings. The zero-order chi connectivity index (χ0) is 14.5. The first-order valence-electron chi connectivity index (χ1n) is 7.31. The van der Waals surface area contributed by atoms with Crippen molar-refractivity contribution in [2.75, 3.05) is 20.1 Å². The van der Waals surface area contributed by atoms with E-state index in [4.69, 9.17) is 5.73 Å². The molecule has 0 aliphatic rings. The molecule has 2 nitrogen and oxygen atoms in total. The SMILES string of the molecule is CC(C)c1ccc(CN(C)CCC(C)(C)CN)cc1. The fourth-order valence-corrected chi connectivity index (χ4v) is 1.99. The molecule has 0 unspecified atom stereocenters. The van der Waals surface area contributed by atoms with Crippen LogP contribution in [0.1, 0.15) is 51.2 Å². The van der Waals surface area contributed by atoms with Crippen LogP contribution in [0.4, 0.5) is 0 Å². The van der Waals surface area contributed by atoms with Gasteiger partial charge in [-0.25, -0.2) is 0 Å². The van der Waals surface area contributed by atoms with Crippen LogP contribution in [0.15, 0.2) is 24.3 Å². The lowest BCUT2D eigenvalue weighted by molar-refractivity contribution is 0.249. The highest BCUT2D eigenvalue weighted by Gasteiger charge is 2.16. The summed E-state index contributed by atoms with van der Waals surface area (Å²) in [6, 6.07) is 9.00. The lowest BCUT2D eigenvalue weighted by Crippen LogP contribution is -2.29. The number of hydrogen-bond acceptors (Lipinski definition) is 2. The smallest absolute Gasteiger partial charge is 0.0230 e. The van der Waals surface area contributed by atoms with Crippen molar-refractivity contribution in [1.82, 2.24) is 4.90 Å². The van der Waals surface area contributed by atoms with Crippen molar-refractivity contribution in [2.45, 2.75) is 46.6 Å². The Morgan fingerprint density at radius 3 is 2.21 bits per heavy atom. The summed E-state index contributed by atoms with van der Waals surface area (Å²) in [4.78, 5) is 2.38. The minimum Gasteiger partial charge on any atom is -0.330 e. The van der Waals surface area contributed by atoms with E-state index in [2.05, 4.69) is 63.9 Å². The highest BCUT2D eigenvalue weighted by molar-refractivity contribution is 5.24. The summed E-state index contributed by atoms with van der Waals surface area (Å²) in [5, 5.41) is 0. The molecule has 0 radical (unpaired) electrons. The van der Waals surface area contributed by atoms with Crippen molar-refractivity contribution >= 4 is 0 Å². The third-order valence-corrected chi connectivity index (χ3v) is 3.82. The molecule has 0 bridgehead atoms. The highest BCUT2D eigenvalue weighted by atomic mass is 15.1. The van der Waals surface area contributed by atoms with Gasteiger partial charge >= 0.3 is 0 Å². The zero-order valence-electron chi connectivity index (χ0n) is 13.2. The average Bonchev–Trinajstić information content (AvgIpc) is 2.37. The third-order valence-electron chi connectivity index (χ3n) is 3.82. The van der Waals surface area contributed by atoms with Crippen LogP contribution in [0.25, 0.3) is 0 Å². The minimum absolute atomic E-state index is 0.246. The third kappa shape index (κ3) is 5.75. The number of rotatable bonds is 7. The first-order chi connectivity index (χ1) is 8.84. The minimum atomic E-state index is 0.246. The summed E-state index contributed by atoms with van der Waals surface area (Å²) < 4.78 is 0. The Labute approximate surface area is 119 Å². The largest absolute Gasteiger partial charge is 0.330 e. The summed E-state index contributed by atoms with van der Waals surface area (Å²) >= 11 is 0. The molecular weight excluding hydrogens is 232 g/mol. The maximum atomic E-state index is 5.77. The van der Waals surface area contributed by atoms with Gasteiger partial charge in [0.1, 0.15) is 0 Å². The molecule has 0 spiro atoms. The van der Waals surface area contributed by atoms with Crippen molar-refractivity contribution in [3.63, 3.8) is 0 Å². The highest BCUT2D eigenvalue weighted by Crippen LogP contribution is 2.19. The second-order valence-corrected chi connectivity index (χ2v) is 6.75. The number of benzene rings is 1. The van der Waals surface area contributed by atoms with Gasteiger partial charge in [0, 0.05) is 6.54 Å². The van der Waals surface area contributed by atoms with E-state index in [1.54, 1.807) is 0 Å². The molecule has 0 heterocycles. The van der Waals surface area contributed by atoms with Crippen molar-refractivity contribution in [3.05, 3.63) is 35.4 Å². The van der Waals surface area contributed by atoms with Gasteiger partial charge in [0.25, 0.3) is 0 Å². The quantitative estimate of drug-likeness (QED) is 0.813. The van der Waals surface area contributed by atoms with Crippen LogP contribution in [0.3, 0.4) is 0 Å². The molecule has 108 valence electrons. The molecule has 0 amide bonds. The fraction of sp³-hybridized carbons (Fsp3) is 0.647. The summed E-state index contributed by atoms with van der Waals surface area (Å²) in [5.41, 5.74) is 8.82. The first kappa shape index (κ1) is 16.2. The molecule has 0 saturated heterocycles. The maximum Gasteiger partial charge on any atom is 0.0230 e. The maximum absolute atomic E-state index is 5.77. The van der Waals surface area contributed by atoms with Crippen LogP contribution in [-0.2, 0) is 6.54 Å². The monoisotopic (exact) mass is 262 g/mol. The van der Waals surface area contributed by atoms with E-state index < -0.39 is 0 Å². The Morgan fingerprint density at radius 2 is 1.74 bits per heavy atom. The fourth-order valence-electron chi connectivity index (χ4n) is 1.99. The van der Waals surface area contributed by atoms with E-state index in [0.29, 0.717) is 5.92 Å². The normalized spacial score (nSPS) is 12.4. The molecule has 2 heteroatoms. The van der Waals surface area contributed by atoms with Crippen LogP contribution < -0.4 is 5.73 Å². The molecule has 0 fully saturated rings. The Morgan fingerprint density at radius 1 is 1.16 bits per heavy atom. The van der Waals surface area contributed by atoms with Gasteiger partial charge in [-0.15, -0.1) is 0 Å². The van der Waals surface area contributed by atoms with Crippen LogP contribution in [-0.4, -0.2) is 25.0 Å². The summed E-state index contributed by atoms with van der Waals surface area (Å²) in [7, 11) is 2.18. The van der Waals surface area contributed by atoms with Gasteiger partial charge in [-0.05, 0) is 49.0 Å². The molecule has 0 saturated carbocycles. The van der Waals surface area contributed by atoms with Crippen LogP contribution in [0.2, 0.25) is 0 Å². The lowest BCUT2D eigenvalue weighted by Gasteiger charge is -2.26. The van der Waals surface area contributed by atoms with E-state index in [1.807, 2.05) is 0 Å². The average molecular weight is 262 g/mol. The summed E-state index contributed by atoms with van der Waals surface area (Å²) in [6.45, 7) is 11.8. The molecule has 0 aromatic heterocycles. The van der Waals surface area contributed by atoms with E-state index in [-0.39, 0.29) is 5.41 Å². The molecule has 0 aliphatic carbocycles. The first-order valence-corrected chi connectivity index (χ1v) is 7.31. The van der Waals surface area contributed by atoms with E-state index >= 15 is 0 Å². The van der Waals surface area contributed by atoms with Gasteiger partial charge in [-0.3, -0.25) is 0 Å². The molecule has 0 aliphatic heterocycles. The van der Waals surface area contributed by atoms with Gasteiger partial charge < -0.3 is 10.6 Å². The van der Waals surface area contributed by atoms with Crippen molar-refractivity contribution in [2.24, 2.45) is 11.1 Å². The van der Waals surface area contributed by atoms with Crippen molar-refractivity contribution in [3.8, 4) is 0 Å². The zero-order valence-corrected chi connectivity index (χ0v) is 13.2. The van der Waals surface area contributed by atoms with E-state index in [1.165, 1.54) is 11.1 Å². The molecule has 1 rings (SSSR count). The van der Waals surface area contributed by atoms with Gasteiger partial charge in [0.15, 0.2) is 0 Å². The Kier molecular flexibility index (Phi) is 6.02. The molecular formula is C17H30N2. The second kappa shape index (κ2) is 7.06. The summed E-state index contributed by atoms with van der Waals surface area (Å²) in [6.07, 6.45) is 1.14. The van der Waals surface area contributed by atoms with Gasteiger partial charge in [0.05, 0.1) is 0 Å². The Balaban J connectivity index is 2.46. The second-order valence-electron chi connectivity index (χ2n) is 6.75. The van der Waals surface area contributed by atoms with Crippen LogP contribution in [0.5, 0.6) is 0 Å². The lowest BCUT2D eigenvalue weighted by atomic mass is 9.89. The van der Waals surface area contributed by atoms with Crippen LogP contribution >= 0.6 is 0 Å². The standard InChI is InChI=1S/C17H30N2/c1-14(2)16-8-6-15(7-9-16)12-19(5)11-10-17(3,4)13-18/h6-9,14H,10-13,18H2,1-5H3. The number of nitrogens with two attached hydrogens (primary N) is 1. The summed E-state index contributed by atoms with van der Waals surface area (Å²) in [5.74, 6) is 0.608. The topological polar surface area (TPSA) is 29.3 Å². The molecule has 19 heavy (non-hydrogen) atoms. The van der Waals surface area contributed by atoms with Gasteiger partial charge in [0.2, 0.25) is 0 Å². The van der Waals surface area contributed by atoms with Gasteiger partial charge in [-0.1, -0.05) is 52.0 Å². The van der Waals surface area contributed by atoms with Crippen LogP contribution in [0, 0.1) is 5.41 Å². The number of hydrogen-bond donors (Lipinski definition) is 1. The van der Waals surface area contributed by atoms with Crippen molar-refractivity contribution in [1.29, 1.82) is 0 Å². The number of nitrogens with zero attached hydrogens (tertiary/aromatic N) is 1. The Hall–Kier alpha value is -0.860. The predicted molar refractivity (Wildman–Crippen MR) is 84.3 cm³/mol.